The molecule has 0 saturated carbocycles. The van der Waals surface area contributed by atoms with E-state index >= 15 is 0 Å². The molecule has 9 heteroatoms. The van der Waals surface area contributed by atoms with Crippen LogP contribution in [0, 0.1) is 23.3 Å². The van der Waals surface area contributed by atoms with Gasteiger partial charge in [-0.1, -0.05) is 0 Å². The van der Waals surface area contributed by atoms with Crippen LogP contribution in [0.15, 0.2) is 36.4 Å². The molecule has 2 aromatic carbocycles. The molecule has 1 aliphatic rings. The van der Waals surface area contributed by atoms with E-state index in [4.69, 9.17) is 9.47 Å². The first-order valence-electron chi connectivity index (χ1n) is 9.02. The minimum atomic E-state index is -1.35. The molecule has 0 bridgehead atoms. The Morgan fingerprint density at radius 1 is 0.690 bits per heavy atom. The van der Waals surface area contributed by atoms with E-state index < -0.39 is 47.7 Å². The van der Waals surface area contributed by atoms with Gasteiger partial charge in [-0.15, -0.1) is 0 Å². The van der Waals surface area contributed by atoms with Crippen LogP contribution in [0.1, 0.15) is 11.1 Å². The van der Waals surface area contributed by atoms with E-state index in [0.717, 1.165) is 36.4 Å². The largest absolute Gasteiger partial charge is 0.388 e. The summed E-state index contributed by atoms with van der Waals surface area (Å²) in [6.45, 7) is -0.0211. The van der Waals surface area contributed by atoms with E-state index in [2.05, 4.69) is 5.32 Å². The van der Waals surface area contributed by atoms with Gasteiger partial charge in [0.25, 0.3) is 0 Å². The molecule has 3 rings (SSSR count). The highest BCUT2D eigenvalue weighted by molar-refractivity contribution is 5.18. The molecule has 3 N–H and O–H groups in total. The molecular weight excluding hydrogens is 394 g/mol. The lowest BCUT2D eigenvalue weighted by atomic mass is 10.0. The summed E-state index contributed by atoms with van der Waals surface area (Å²) in [6, 6.07) is 5.92. The van der Waals surface area contributed by atoms with Gasteiger partial charge in [0.2, 0.25) is 0 Å². The van der Waals surface area contributed by atoms with Crippen molar-refractivity contribution in [3.63, 3.8) is 0 Å². The molecule has 0 aliphatic carbocycles. The van der Waals surface area contributed by atoms with Gasteiger partial charge in [0, 0.05) is 25.2 Å². The molecule has 0 spiro atoms. The topological polar surface area (TPSA) is 71.0 Å². The minimum Gasteiger partial charge on any atom is -0.388 e. The Balaban J connectivity index is 1.58. The SMILES string of the molecule is O[C@H]1[C@H](O)[C@@H](OCc2cc(F)cc(F)c2)CNC[C@@H]1OCc1cc(F)cc(F)c1. The molecule has 158 valence electrons. The molecule has 5 nitrogen and oxygen atoms in total. The summed E-state index contributed by atoms with van der Waals surface area (Å²) >= 11 is 0. The van der Waals surface area contributed by atoms with Crippen molar-refractivity contribution in [1.82, 2.24) is 5.32 Å². The summed E-state index contributed by atoms with van der Waals surface area (Å²) < 4.78 is 64.1. The Labute approximate surface area is 164 Å². The van der Waals surface area contributed by atoms with Crippen LogP contribution in [0.3, 0.4) is 0 Å². The Kier molecular flexibility index (Phi) is 7.20. The van der Waals surface area contributed by atoms with Crippen LogP contribution < -0.4 is 5.32 Å². The van der Waals surface area contributed by atoms with E-state index in [0.29, 0.717) is 0 Å². The zero-order chi connectivity index (χ0) is 21.0. The van der Waals surface area contributed by atoms with Crippen LogP contribution >= 0.6 is 0 Å². The summed E-state index contributed by atoms with van der Waals surface area (Å²) in [5.41, 5.74) is 0.490. The van der Waals surface area contributed by atoms with Crippen molar-refractivity contribution >= 4 is 0 Å². The second kappa shape index (κ2) is 9.64. The van der Waals surface area contributed by atoms with Crippen LogP contribution in [0.5, 0.6) is 0 Å². The van der Waals surface area contributed by atoms with Crippen molar-refractivity contribution in [1.29, 1.82) is 0 Å². The van der Waals surface area contributed by atoms with Gasteiger partial charge in [0.1, 0.15) is 35.5 Å². The molecule has 1 heterocycles. The highest BCUT2D eigenvalue weighted by atomic mass is 19.1. The quantitative estimate of drug-likeness (QED) is 0.630. The first kappa shape index (κ1) is 21.7. The summed E-state index contributed by atoms with van der Waals surface area (Å²) in [5, 5.41) is 23.8. The number of rotatable bonds is 6. The van der Waals surface area contributed by atoms with Gasteiger partial charge in [-0.2, -0.15) is 0 Å². The molecule has 4 atom stereocenters. The molecule has 0 aromatic heterocycles. The third-order valence-electron chi connectivity index (χ3n) is 4.58. The Morgan fingerprint density at radius 3 is 1.38 bits per heavy atom. The van der Waals surface area contributed by atoms with Gasteiger partial charge in [0.15, 0.2) is 0 Å². The smallest absolute Gasteiger partial charge is 0.126 e. The second-order valence-electron chi connectivity index (χ2n) is 6.89. The molecule has 29 heavy (non-hydrogen) atoms. The predicted molar refractivity (Wildman–Crippen MR) is 94.8 cm³/mol. The number of benzene rings is 2. The minimum absolute atomic E-state index is 0.157. The molecule has 1 saturated heterocycles. The standard InChI is InChI=1S/C20H21F4NO4/c21-13-1-11(2-14(22)5-13)9-28-17-7-25-8-18(20(27)19(17)26)29-10-12-3-15(23)6-16(24)4-12/h1-6,17-20,25-27H,7-10H2/t17-,18-,19+,20+/m0/s1. The van der Waals surface area contributed by atoms with Crippen molar-refractivity contribution in [2.75, 3.05) is 13.1 Å². The number of ether oxygens (including phenoxy) is 2. The highest BCUT2D eigenvalue weighted by Crippen LogP contribution is 2.18. The summed E-state index contributed by atoms with van der Waals surface area (Å²) in [7, 11) is 0. The predicted octanol–water partition coefficient (Wildman–Crippen LogP) is 2.04. The lowest BCUT2D eigenvalue weighted by Crippen LogP contribution is -2.45. The summed E-state index contributed by atoms with van der Waals surface area (Å²) in [4.78, 5) is 0. The average Bonchev–Trinajstić information content (AvgIpc) is 2.76. The molecule has 1 aliphatic heterocycles. The van der Waals surface area contributed by atoms with Gasteiger partial charge in [0.05, 0.1) is 25.4 Å². The normalized spacial score (nSPS) is 25.0. The zero-order valence-electron chi connectivity index (χ0n) is 15.3. The van der Waals surface area contributed by atoms with Crippen molar-refractivity contribution in [2.45, 2.75) is 37.6 Å². The van der Waals surface area contributed by atoms with Crippen LogP contribution in [0.2, 0.25) is 0 Å². The van der Waals surface area contributed by atoms with Crippen molar-refractivity contribution in [3.8, 4) is 0 Å². The number of aliphatic hydroxyl groups excluding tert-OH is 2. The maximum atomic E-state index is 13.3. The maximum absolute atomic E-state index is 13.3. The lowest BCUT2D eigenvalue weighted by Gasteiger charge is -2.27. The van der Waals surface area contributed by atoms with E-state index in [1.54, 1.807) is 0 Å². The molecule has 0 amide bonds. The van der Waals surface area contributed by atoms with Gasteiger partial charge >= 0.3 is 0 Å². The Morgan fingerprint density at radius 2 is 1.03 bits per heavy atom. The van der Waals surface area contributed by atoms with E-state index in [1.807, 2.05) is 0 Å². The Bertz CT molecular complexity index is 730. The van der Waals surface area contributed by atoms with Gasteiger partial charge in [-0.25, -0.2) is 17.6 Å². The number of aliphatic hydroxyl groups is 2. The van der Waals surface area contributed by atoms with Crippen molar-refractivity contribution in [2.24, 2.45) is 0 Å². The average molecular weight is 415 g/mol. The third kappa shape index (κ3) is 5.97. The summed E-state index contributed by atoms with van der Waals surface area (Å²) in [5.74, 6) is -2.98. The Hall–Kier alpha value is -2.04. The fraction of sp³-hybridized carbons (Fsp3) is 0.400. The van der Waals surface area contributed by atoms with Crippen LogP contribution in [-0.4, -0.2) is 47.7 Å². The number of hydrogen-bond donors (Lipinski definition) is 3. The zero-order valence-corrected chi connectivity index (χ0v) is 15.3. The van der Waals surface area contributed by atoms with E-state index in [1.165, 1.54) is 0 Å². The first-order chi connectivity index (χ1) is 13.8. The molecule has 0 unspecified atom stereocenters. The van der Waals surface area contributed by atoms with E-state index in [-0.39, 0.29) is 37.4 Å². The van der Waals surface area contributed by atoms with Crippen LogP contribution in [0.25, 0.3) is 0 Å². The van der Waals surface area contributed by atoms with Gasteiger partial charge < -0.3 is 25.0 Å². The second-order valence-corrected chi connectivity index (χ2v) is 6.89. The monoisotopic (exact) mass is 415 g/mol. The first-order valence-corrected chi connectivity index (χ1v) is 9.02. The molecular formula is C20H21F4NO4. The third-order valence-corrected chi connectivity index (χ3v) is 4.58. The number of halogens is 4. The fourth-order valence-electron chi connectivity index (χ4n) is 3.16. The fourth-order valence-corrected chi connectivity index (χ4v) is 3.16. The maximum Gasteiger partial charge on any atom is 0.126 e. The lowest BCUT2D eigenvalue weighted by molar-refractivity contribution is -0.128. The van der Waals surface area contributed by atoms with Gasteiger partial charge in [-0.3, -0.25) is 0 Å². The van der Waals surface area contributed by atoms with Crippen molar-refractivity contribution in [3.05, 3.63) is 70.8 Å². The number of nitrogens with one attached hydrogen (secondary N) is 1. The summed E-state index contributed by atoms with van der Waals surface area (Å²) in [6.07, 6.45) is -4.43. The van der Waals surface area contributed by atoms with Crippen LogP contribution in [-0.2, 0) is 22.7 Å². The van der Waals surface area contributed by atoms with E-state index in [9.17, 15) is 27.8 Å². The van der Waals surface area contributed by atoms with Crippen LogP contribution in [0.4, 0.5) is 17.6 Å². The molecule has 2 aromatic rings. The number of hydrogen-bond acceptors (Lipinski definition) is 5. The molecule has 1 fully saturated rings. The van der Waals surface area contributed by atoms with Crippen molar-refractivity contribution < 1.29 is 37.2 Å². The van der Waals surface area contributed by atoms with Gasteiger partial charge in [-0.05, 0) is 35.4 Å². The molecule has 0 radical (unpaired) electrons. The highest BCUT2D eigenvalue weighted by Gasteiger charge is 2.36.